The Labute approximate surface area is 149 Å². The van der Waals surface area contributed by atoms with Crippen LogP contribution in [-0.4, -0.2) is 38.7 Å². The molecule has 0 spiro atoms. The van der Waals surface area contributed by atoms with Gasteiger partial charge >= 0.3 is 16.2 Å². The second-order valence-corrected chi connectivity index (χ2v) is 6.64. The van der Waals surface area contributed by atoms with E-state index in [4.69, 9.17) is 8.92 Å². The lowest BCUT2D eigenvalue weighted by atomic mass is 10.3. The molecule has 9 nitrogen and oxygen atoms in total. The second kappa shape index (κ2) is 6.92. The van der Waals surface area contributed by atoms with Crippen molar-refractivity contribution in [3.63, 3.8) is 0 Å². The first-order valence-corrected chi connectivity index (χ1v) is 8.75. The van der Waals surface area contributed by atoms with Crippen LogP contribution in [0.1, 0.15) is 0 Å². The van der Waals surface area contributed by atoms with Crippen LogP contribution in [-0.2, 0) is 14.9 Å². The van der Waals surface area contributed by atoms with Crippen LogP contribution in [0.2, 0.25) is 0 Å². The number of carbonyl (C=O) groups is 1. The molecule has 0 aliphatic rings. The fourth-order valence-electron chi connectivity index (χ4n) is 2.16. The standard InChI is InChI=1S/C16H15N3O6S/c1-23-10-3-5-11(6-4-10)25-26(21,22)12-7-8-13-14(9-12)18-15(17-13)19-16(20)24-2/h3-9H,1-2H3,(H2,17,18,19,20). The highest BCUT2D eigenvalue weighted by Gasteiger charge is 2.18. The van der Waals surface area contributed by atoms with Gasteiger partial charge in [0.25, 0.3) is 0 Å². The predicted octanol–water partition coefficient (Wildman–Crippen LogP) is 2.52. The number of methoxy groups -OCH3 is 2. The van der Waals surface area contributed by atoms with Gasteiger partial charge in [-0.25, -0.2) is 9.78 Å². The molecule has 26 heavy (non-hydrogen) atoms. The lowest BCUT2D eigenvalue weighted by molar-refractivity contribution is 0.186. The van der Waals surface area contributed by atoms with E-state index < -0.39 is 16.2 Å². The first kappa shape index (κ1) is 17.5. The summed E-state index contributed by atoms with van der Waals surface area (Å²) in [6.07, 6.45) is -0.695. The van der Waals surface area contributed by atoms with Gasteiger partial charge in [0.05, 0.1) is 25.3 Å². The number of rotatable bonds is 5. The maximum absolute atomic E-state index is 12.5. The van der Waals surface area contributed by atoms with Gasteiger partial charge in [-0.2, -0.15) is 8.42 Å². The molecule has 0 aliphatic heterocycles. The highest BCUT2D eigenvalue weighted by atomic mass is 32.2. The summed E-state index contributed by atoms with van der Waals surface area (Å²) in [7, 11) is -1.31. The molecule has 0 aliphatic carbocycles. The van der Waals surface area contributed by atoms with Crippen molar-refractivity contribution in [2.45, 2.75) is 4.90 Å². The van der Waals surface area contributed by atoms with E-state index in [0.717, 1.165) is 0 Å². The number of hydrogen-bond donors (Lipinski definition) is 2. The van der Waals surface area contributed by atoms with Crippen LogP contribution in [0.4, 0.5) is 10.7 Å². The van der Waals surface area contributed by atoms with Crippen LogP contribution in [0, 0.1) is 0 Å². The van der Waals surface area contributed by atoms with Crippen LogP contribution < -0.4 is 14.2 Å². The van der Waals surface area contributed by atoms with Gasteiger partial charge in [-0.1, -0.05) is 0 Å². The molecule has 2 aromatic carbocycles. The van der Waals surface area contributed by atoms with Crippen molar-refractivity contribution >= 4 is 33.2 Å². The van der Waals surface area contributed by atoms with Crippen LogP contribution in [0.25, 0.3) is 11.0 Å². The fraction of sp³-hybridized carbons (Fsp3) is 0.125. The number of amides is 1. The van der Waals surface area contributed by atoms with Crippen LogP contribution in [0.15, 0.2) is 47.4 Å². The average molecular weight is 377 g/mol. The molecule has 3 rings (SSSR count). The van der Waals surface area contributed by atoms with Gasteiger partial charge in [0.1, 0.15) is 16.4 Å². The van der Waals surface area contributed by atoms with E-state index in [2.05, 4.69) is 20.0 Å². The van der Waals surface area contributed by atoms with Gasteiger partial charge < -0.3 is 18.6 Å². The van der Waals surface area contributed by atoms with Crippen molar-refractivity contribution in [2.75, 3.05) is 19.5 Å². The molecule has 0 atom stereocenters. The van der Waals surface area contributed by atoms with Gasteiger partial charge in [-0.15, -0.1) is 0 Å². The molecule has 1 amide bonds. The Bertz CT molecular complexity index is 1040. The normalized spacial score (nSPS) is 11.2. The fourth-order valence-corrected chi connectivity index (χ4v) is 3.11. The monoisotopic (exact) mass is 377 g/mol. The molecule has 0 saturated heterocycles. The summed E-state index contributed by atoms with van der Waals surface area (Å²) in [4.78, 5) is 18.1. The van der Waals surface area contributed by atoms with Crippen molar-refractivity contribution in [3.8, 4) is 11.5 Å². The number of benzene rings is 2. The Morgan fingerprint density at radius 2 is 1.77 bits per heavy atom. The van der Waals surface area contributed by atoms with Gasteiger partial charge in [-0.3, -0.25) is 5.32 Å². The number of imidazole rings is 1. The Morgan fingerprint density at radius 1 is 1.08 bits per heavy atom. The molecular weight excluding hydrogens is 362 g/mol. The van der Waals surface area contributed by atoms with Crippen LogP contribution in [0.3, 0.4) is 0 Å². The molecule has 0 unspecified atom stereocenters. The van der Waals surface area contributed by atoms with Crippen LogP contribution >= 0.6 is 0 Å². The predicted molar refractivity (Wildman–Crippen MR) is 92.9 cm³/mol. The molecule has 1 aromatic heterocycles. The molecule has 136 valence electrons. The molecular formula is C16H15N3O6S. The summed E-state index contributed by atoms with van der Waals surface area (Å²) in [5, 5.41) is 2.37. The Hall–Kier alpha value is -3.27. The Morgan fingerprint density at radius 3 is 2.42 bits per heavy atom. The van der Waals surface area contributed by atoms with Gasteiger partial charge in [0.2, 0.25) is 5.95 Å². The number of anilines is 1. The number of hydrogen-bond acceptors (Lipinski definition) is 7. The summed E-state index contributed by atoms with van der Waals surface area (Å²) in [6, 6.07) is 10.4. The quantitative estimate of drug-likeness (QED) is 0.656. The second-order valence-electron chi connectivity index (χ2n) is 5.09. The molecule has 2 N–H and O–H groups in total. The first-order valence-electron chi connectivity index (χ1n) is 7.34. The highest BCUT2D eigenvalue weighted by molar-refractivity contribution is 7.87. The number of ether oxygens (including phenoxy) is 2. The summed E-state index contributed by atoms with van der Waals surface area (Å²) in [6.45, 7) is 0. The van der Waals surface area contributed by atoms with Crippen molar-refractivity contribution in [1.29, 1.82) is 0 Å². The topological polar surface area (TPSA) is 120 Å². The summed E-state index contributed by atoms with van der Waals surface area (Å²) >= 11 is 0. The number of carbonyl (C=O) groups excluding carboxylic acids is 1. The zero-order valence-corrected chi connectivity index (χ0v) is 14.7. The third-order valence-corrected chi connectivity index (χ3v) is 4.66. The Kier molecular flexibility index (Phi) is 4.67. The number of fused-ring (bicyclic) bond motifs is 1. The van der Waals surface area contributed by atoms with E-state index in [0.29, 0.717) is 16.8 Å². The third-order valence-electron chi connectivity index (χ3n) is 3.41. The van der Waals surface area contributed by atoms with E-state index in [1.54, 1.807) is 12.1 Å². The largest absolute Gasteiger partial charge is 0.497 e. The lowest BCUT2D eigenvalue weighted by Gasteiger charge is -2.07. The van der Waals surface area contributed by atoms with E-state index >= 15 is 0 Å². The molecule has 0 saturated carbocycles. The number of nitrogens with zero attached hydrogens (tertiary/aromatic N) is 1. The molecule has 0 bridgehead atoms. The van der Waals surface area contributed by atoms with Gasteiger partial charge in [0.15, 0.2) is 0 Å². The van der Waals surface area contributed by atoms with Gasteiger partial charge in [0, 0.05) is 0 Å². The minimum atomic E-state index is -4.04. The zero-order chi connectivity index (χ0) is 18.7. The maximum atomic E-state index is 12.5. The van der Waals surface area contributed by atoms with Crippen molar-refractivity contribution in [3.05, 3.63) is 42.5 Å². The van der Waals surface area contributed by atoms with Crippen LogP contribution in [0.5, 0.6) is 11.5 Å². The zero-order valence-electron chi connectivity index (χ0n) is 13.8. The van der Waals surface area contributed by atoms with E-state index in [1.807, 2.05) is 0 Å². The lowest BCUT2D eigenvalue weighted by Crippen LogP contribution is -2.11. The van der Waals surface area contributed by atoms with Crippen molar-refractivity contribution in [2.24, 2.45) is 0 Å². The van der Waals surface area contributed by atoms with Crippen molar-refractivity contribution in [1.82, 2.24) is 9.97 Å². The van der Waals surface area contributed by atoms with E-state index in [9.17, 15) is 13.2 Å². The van der Waals surface area contributed by atoms with E-state index in [1.165, 1.54) is 44.6 Å². The summed E-state index contributed by atoms with van der Waals surface area (Å²) in [5.74, 6) is 0.875. The van der Waals surface area contributed by atoms with Crippen molar-refractivity contribution < 1.29 is 26.9 Å². The highest BCUT2D eigenvalue weighted by Crippen LogP contribution is 2.24. The molecule has 0 fully saturated rings. The SMILES string of the molecule is COC(=O)Nc1nc2ccc(S(=O)(=O)Oc3ccc(OC)cc3)cc2[nH]1. The minimum Gasteiger partial charge on any atom is -0.497 e. The third kappa shape index (κ3) is 3.70. The maximum Gasteiger partial charge on any atom is 0.413 e. The minimum absolute atomic E-state index is 0.0610. The average Bonchev–Trinajstić information content (AvgIpc) is 3.03. The number of nitrogens with one attached hydrogen (secondary N) is 2. The van der Waals surface area contributed by atoms with E-state index in [-0.39, 0.29) is 16.6 Å². The first-order chi connectivity index (χ1) is 12.4. The Balaban J connectivity index is 1.86. The molecule has 1 heterocycles. The molecule has 0 radical (unpaired) electrons. The number of aromatic amines is 1. The summed E-state index contributed by atoms with van der Waals surface area (Å²) in [5.41, 5.74) is 0.885. The van der Waals surface area contributed by atoms with Gasteiger partial charge in [-0.05, 0) is 42.5 Å². The molecule has 10 heteroatoms. The number of aromatic nitrogens is 2. The molecule has 3 aromatic rings. The summed E-state index contributed by atoms with van der Waals surface area (Å²) < 4.78 is 39.5. The smallest absolute Gasteiger partial charge is 0.413 e. The number of H-pyrrole nitrogens is 1.